The first-order chi connectivity index (χ1) is 9.58. The van der Waals surface area contributed by atoms with Crippen molar-refractivity contribution in [3.63, 3.8) is 0 Å². The lowest BCUT2D eigenvalue weighted by Gasteiger charge is -2.24. The summed E-state index contributed by atoms with van der Waals surface area (Å²) in [5.74, 6) is 0.199. The van der Waals surface area contributed by atoms with Gasteiger partial charge in [-0.2, -0.15) is 0 Å². The number of carbonyl (C=O) groups excluding carboxylic acids is 1. The summed E-state index contributed by atoms with van der Waals surface area (Å²) in [5, 5.41) is 8.74. The first kappa shape index (κ1) is 16.5. The van der Waals surface area contributed by atoms with Crippen LogP contribution >= 0.6 is 22.6 Å². The average molecular weight is 394 g/mol. The van der Waals surface area contributed by atoms with Crippen LogP contribution in [-0.2, 0) is 4.79 Å². The van der Waals surface area contributed by atoms with Crippen molar-refractivity contribution in [1.29, 1.82) is 0 Å². The number of nitrogens with one attached hydrogen (secondary N) is 3. The zero-order valence-electron chi connectivity index (χ0n) is 12.5. The van der Waals surface area contributed by atoms with Gasteiger partial charge >= 0.3 is 0 Å². The molecular formula is C14H27IN4O. The van der Waals surface area contributed by atoms with Crippen LogP contribution in [0.2, 0.25) is 0 Å². The summed E-state index contributed by atoms with van der Waals surface area (Å²) in [4.78, 5) is 11.9. The molecule has 2 saturated heterocycles. The van der Waals surface area contributed by atoms with E-state index >= 15 is 0 Å². The van der Waals surface area contributed by atoms with Crippen LogP contribution in [0.25, 0.3) is 0 Å². The van der Waals surface area contributed by atoms with Gasteiger partial charge in [0.1, 0.15) is 0 Å². The maximum absolute atomic E-state index is 11.9. The van der Waals surface area contributed by atoms with Crippen LogP contribution in [0, 0.1) is 0 Å². The number of piperidine rings is 1. The molecule has 20 heavy (non-hydrogen) atoms. The first-order valence-corrected chi connectivity index (χ1v) is 8.99. The molecule has 2 rings (SSSR count). The minimum Gasteiger partial charge on any atom is -0.352 e. The van der Waals surface area contributed by atoms with Gasteiger partial charge in [0.2, 0.25) is 5.91 Å². The molecule has 5 nitrogen and oxygen atoms in total. The zero-order valence-corrected chi connectivity index (χ0v) is 14.7. The average Bonchev–Trinajstić information content (AvgIpc) is 2.67. The maximum atomic E-state index is 11.9. The number of hydrazine groups is 1. The smallest absolute Gasteiger partial charge is 0.220 e. The molecule has 0 aromatic carbocycles. The van der Waals surface area contributed by atoms with Crippen molar-refractivity contribution in [2.45, 2.75) is 61.6 Å². The van der Waals surface area contributed by atoms with E-state index in [2.05, 4.69) is 57.5 Å². The van der Waals surface area contributed by atoms with E-state index in [1.165, 1.54) is 0 Å². The number of halogens is 1. The molecule has 0 aliphatic carbocycles. The molecule has 2 fully saturated rings. The Balaban J connectivity index is 1.62. The van der Waals surface area contributed by atoms with Crippen molar-refractivity contribution in [3.05, 3.63) is 0 Å². The Bertz CT molecular complexity index is 322. The molecule has 2 heterocycles. The SMILES string of the molecule is CC1NN(CCCC(=O)NC2CCCNC2)C(C)C1I. The third-order valence-corrected chi connectivity index (χ3v) is 6.38. The monoisotopic (exact) mass is 394 g/mol. The van der Waals surface area contributed by atoms with Crippen LogP contribution in [-0.4, -0.2) is 52.6 Å². The number of hydrogen-bond donors (Lipinski definition) is 3. The number of hydrogen-bond acceptors (Lipinski definition) is 4. The van der Waals surface area contributed by atoms with E-state index in [0.717, 1.165) is 38.9 Å². The third kappa shape index (κ3) is 4.54. The van der Waals surface area contributed by atoms with Gasteiger partial charge in [0.25, 0.3) is 0 Å². The number of rotatable bonds is 5. The Morgan fingerprint density at radius 2 is 2.25 bits per heavy atom. The van der Waals surface area contributed by atoms with E-state index in [-0.39, 0.29) is 5.91 Å². The van der Waals surface area contributed by atoms with Crippen molar-refractivity contribution < 1.29 is 4.79 Å². The van der Waals surface area contributed by atoms with Crippen molar-refractivity contribution in [3.8, 4) is 0 Å². The molecule has 0 saturated carbocycles. The lowest BCUT2D eigenvalue weighted by Crippen LogP contribution is -2.45. The molecule has 0 aromatic heterocycles. The van der Waals surface area contributed by atoms with Crippen LogP contribution in [0.5, 0.6) is 0 Å². The van der Waals surface area contributed by atoms with Gasteiger partial charge in [-0.3, -0.25) is 10.2 Å². The van der Waals surface area contributed by atoms with E-state index in [0.29, 0.717) is 28.5 Å². The molecule has 2 aliphatic heterocycles. The van der Waals surface area contributed by atoms with Crippen LogP contribution in [0.4, 0.5) is 0 Å². The molecular weight excluding hydrogens is 367 g/mol. The molecule has 0 radical (unpaired) electrons. The number of carbonyl (C=O) groups is 1. The van der Waals surface area contributed by atoms with Gasteiger partial charge in [0, 0.05) is 41.6 Å². The fourth-order valence-corrected chi connectivity index (χ4v) is 3.54. The fraction of sp³-hybridized carbons (Fsp3) is 0.929. The van der Waals surface area contributed by atoms with E-state index in [1.807, 2.05) is 0 Å². The Kier molecular flexibility index (Phi) is 6.51. The van der Waals surface area contributed by atoms with Gasteiger partial charge in [-0.25, -0.2) is 5.01 Å². The van der Waals surface area contributed by atoms with E-state index < -0.39 is 0 Å². The highest BCUT2D eigenvalue weighted by Gasteiger charge is 2.33. The summed E-state index contributed by atoms with van der Waals surface area (Å²) in [6.45, 7) is 7.42. The predicted molar refractivity (Wildman–Crippen MR) is 89.8 cm³/mol. The lowest BCUT2D eigenvalue weighted by molar-refractivity contribution is -0.122. The normalized spacial score (nSPS) is 35.1. The van der Waals surface area contributed by atoms with Gasteiger partial charge in [0.05, 0.1) is 0 Å². The Morgan fingerprint density at radius 1 is 1.45 bits per heavy atom. The van der Waals surface area contributed by atoms with Gasteiger partial charge in [-0.1, -0.05) is 22.6 Å². The Hall–Kier alpha value is 0.0800. The van der Waals surface area contributed by atoms with Crippen molar-refractivity contribution >= 4 is 28.5 Å². The molecule has 116 valence electrons. The Morgan fingerprint density at radius 3 is 2.85 bits per heavy atom. The third-order valence-electron chi connectivity index (χ3n) is 4.26. The maximum Gasteiger partial charge on any atom is 0.220 e. The standard InChI is InChI=1S/C14H27IN4O/c1-10-14(15)11(2)19(18-10)8-4-6-13(20)17-12-5-3-7-16-9-12/h10-12,14,16,18H,3-9H2,1-2H3,(H,17,20). The second-order valence-corrected chi connectivity index (χ2v) is 7.45. The van der Waals surface area contributed by atoms with Crippen molar-refractivity contribution in [2.24, 2.45) is 0 Å². The van der Waals surface area contributed by atoms with Crippen LogP contribution in [0.1, 0.15) is 39.5 Å². The second-order valence-electron chi connectivity index (χ2n) is 6.01. The minimum atomic E-state index is 0.199. The molecule has 6 heteroatoms. The summed E-state index contributed by atoms with van der Waals surface area (Å²) in [5.41, 5.74) is 3.49. The van der Waals surface area contributed by atoms with E-state index in [1.54, 1.807) is 0 Å². The molecule has 0 bridgehead atoms. The summed E-state index contributed by atoms with van der Waals surface area (Å²) < 4.78 is 0.634. The minimum absolute atomic E-state index is 0.199. The quantitative estimate of drug-likeness (QED) is 0.482. The molecule has 4 unspecified atom stereocenters. The van der Waals surface area contributed by atoms with Crippen molar-refractivity contribution in [1.82, 2.24) is 21.1 Å². The fourth-order valence-electron chi connectivity index (χ4n) is 2.99. The van der Waals surface area contributed by atoms with Gasteiger partial charge in [0.15, 0.2) is 0 Å². The van der Waals surface area contributed by atoms with Gasteiger partial charge < -0.3 is 10.6 Å². The molecule has 2 aliphatic rings. The molecule has 3 N–H and O–H groups in total. The highest BCUT2D eigenvalue weighted by molar-refractivity contribution is 14.1. The zero-order chi connectivity index (χ0) is 14.5. The van der Waals surface area contributed by atoms with Gasteiger partial charge in [-0.05, 0) is 39.7 Å². The summed E-state index contributed by atoms with van der Waals surface area (Å²) in [7, 11) is 0. The highest BCUT2D eigenvalue weighted by atomic mass is 127. The second kappa shape index (κ2) is 7.91. The van der Waals surface area contributed by atoms with Crippen LogP contribution in [0.15, 0.2) is 0 Å². The lowest BCUT2D eigenvalue weighted by atomic mass is 10.1. The molecule has 0 spiro atoms. The summed E-state index contributed by atoms with van der Waals surface area (Å²) in [6.07, 6.45) is 3.81. The molecule has 4 atom stereocenters. The number of nitrogens with zero attached hydrogens (tertiary/aromatic N) is 1. The number of alkyl halides is 1. The van der Waals surface area contributed by atoms with E-state index in [9.17, 15) is 4.79 Å². The Labute approximate surface area is 135 Å². The molecule has 1 amide bonds. The predicted octanol–water partition coefficient (Wildman–Crippen LogP) is 1.04. The summed E-state index contributed by atoms with van der Waals surface area (Å²) in [6, 6.07) is 1.39. The van der Waals surface area contributed by atoms with Crippen LogP contribution in [0.3, 0.4) is 0 Å². The van der Waals surface area contributed by atoms with Gasteiger partial charge in [-0.15, -0.1) is 0 Å². The highest BCUT2D eigenvalue weighted by Crippen LogP contribution is 2.22. The summed E-state index contributed by atoms with van der Waals surface area (Å²) >= 11 is 2.51. The first-order valence-electron chi connectivity index (χ1n) is 7.75. The molecule has 0 aromatic rings. The topological polar surface area (TPSA) is 56.4 Å². The number of amides is 1. The van der Waals surface area contributed by atoms with Crippen molar-refractivity contribution in [2.75, 3.05) is 19.6 Å². The largest absolute Gasteiger partial charge is 0.352 e. The van der Waals surface area contributed by atoms with Crippen LogP contribution < -0.4 is 16.1 Å². The van der Waals surface area contributed by atoms with E-state index in [4.69, 9.17) is 0 Å².